The maximum absolute atomic E-state index is 13.5. The molecule has 0 saturated heterocycles. The topological polar surface area (TPSA) is 123 Å². The predicted octanol–water partition coefficient (Wildman–Crippen LogP) is 4.13. The van der Waals surface area contributed by atoms with Crippen LogP contribution in [0.5, 0.6) is 0 Å². The van der Waals surface area contributed by atoms with Crippen LogP contribution in [0.4, 0.5) is 0 Å². The summed E-state index contributed by atoms with van der Waals surface area (Å²) in [6.07, 6.45) is 8.94. The van der Waals surface area contributed by atoms with Gasteiger partial charge < -0.3 is 21.2 Å². The molecule has 5 N–H and O–H groups in total. The van der Waals surface area contributed by atoms with Crippen molar-refractivity contribution in [1.29, 1.82) is 0 Å². The molecule has 2 saturated carbocycles. The molecule has 200 valence electrons. The summed E-state index contributed by atoms with van der Waals surface area (Å²) < 4.78 is 6.12. The van der Waals surface area contributed by atoms with Crippen molar-refractivity contribution in [2.45, 2.75) is 97.8 Å². The molecule has 2 aliphatic carbocycles. The molecule has 2 aliphatic rings. The molecule has 8 heteroatoms. The Hall–Kier alpha value is -2.61. The van der Waals surface area contributed by atoms with E-state index in [0.717, 1.165) is 44.1 Å². The van der Waals surface area contributed by atoms with Crippen LogP contribution < -0.4 is 16.9 Å². The van der Waals surface area contributed by atoms with E-state index in [9.17, 15) is 9.59 Å². The third-order valence-electron chi connectivity index (χ3n) is 7.96. The lowest BCUT2D eigenvalue weighted by Crippen LogP contribution is -2.45. The van der Waals surface area contributed by atoms with Crippen LogP contribution in [-0.4, -0.2) is 41.4 Å². The van der Waals surface area contributed by atoms with Gasteiger partial charge in [-0.1, -0.05) is 52.7 Å². The molecule has 0 heterocycles. The van der Waals surface area contributed by atoms with E-state index in [0.29, 0.717) is 23.9 Å². The molecule has 2 fully saturated rings. The van der Waals surface area contributed by atoms with E-state index in [1.165, 1.54) is 12.8 Å². The number of benzene rings is 1. The molecule has 0 spiro atoms. The molecule has 0 aliphatic heterocycles. The Morgan fingerprint density at radius 3 is 2.33 bits per heavy atom. The average Bonchev–Trinajstić information content (AvgIpc) is 2.85. The van der Waals surface area contributed by atoms with Gasteiger partial charge >= 0.3 is 0 Å². The highest BCUT2D eigenvalue weighted by molar-refractivity contribution is 6.05. The van der Waals surface area contributed by atoms with Crippen molar-refractivity contribution in [3.05, 3.63) is 35.4 Å². The molecule has 36 heavy (non-hydrogen) atoms. The summed E-state index contributed by atoms with van der Waals surface area (Å²) in [4.78, 5) is 27.8. The molecule has 2 unspecified atom stereocenters. The van der Waals surface area contributed by atoms with Gasteiger partial charge in [0.05, 0.1) is 6.10 Å². The number of hydrogen-bond acceptors (Lipinski definition) is 5. The van der Waals surface area contributed by atoms with E-state index in [1.54, 1.807) is 12.1 Å². The summed E-state index contributed by atoms with van der Waals surface area (Å²) >= 11 is 0. The molecule has 2 atom stereocenters. The van der Waals surface area contributed by atoms with Crippen molar-refractivity contribution in [1.82, 2.24) is 10.2 Å². The van der Waals surface area contributed by atoms with Gasteiger partial charge in [-0.05, 0) is 73.5 Å². The quantitative estimate of drug-likeness (QED) is 0.225. The second kappa shape index (κ2) is 12.6. The Balaban J connectivity index is 1.68. The summed E-state index contributed by atoms with van der Waals surface area (Å²) in [7, 11) is 0. The van der Waals surface area contributed by atoms with Gasteiger partial charge in [0, 0.05) is 18.2 Å². The van der Waals surface area contributed by atoms with Crippen LogP contribution in [0.15, 0.2) is 29.4 Å². The van der Waals surface area contributed by atoms with Crippen molar-refractivity contribution < 1.29 is 14.3 Å². The monoisotopic (exact) mass is 499 g/mol. The summed E-state index contributed by atoms with van der Waals surface area (Å²) in [6, 6.07) is 7.43. The molecular formula is C28H45N5O3. The highest BCUT2D eigenvalue weighted by atomic mass is 16.5. The predicted molar refractivity (Wildman–Crippen MR) is 143 cm³/mol. The van der Waals surface area contributed by atoms with E-state index in [-0.39, 0.29) is 41.9 Å². The van der Waals surface area contributed by atoms with Gasteiger partial charge in [-0.2, -0.15) is 0 Å². The highest BCUT2D eigenvalue weighted by Crippen LogP contribution is 2.39. The molecule has 0 radical (unpaired) electrons. The zero-order valence-corrected chi connectivity index (χ0v) is 22.5. The van der Waals surface area contributed by atoms with Crippen LogP contribution in [0, 0.1) is 17.3 Å². The number of carbonyl (C=O) groups excluding carboxylic acids is 2. The lowest BCUT2D eigenvalue weighted by atomic mass is 9.71. The maximum atomic E-state index is 13.5. The SMILES string of the molecule is CC1CCCC(OCC(=O)N(Cc2ccc(C(=O)N/C(N)=N/N)cc2)C2CCC(C(C)(C)C)CC2)C1. The minimum atomic E-state index is -0.378. The van der Waals surface area contributed by atoms with E-state index in [1.807, 2.05) is 17.0 Å². The fourth-order valence-electron chi connectivity index (χ4n) is 5.66. The van der Waals surface area contributed by atoms with Crippen molar-refractivity contribution in [3.63, 3.8) is 0 Å². The molecule has 8 nitrogen and oxygen atoms in total. The molecule has 0 aromatic heterocycles. The first kappa shape index (κ1) is 28.0. The minimum Gasteiger partial charge on any atom is -0.368 e. The Bertz CT molecular complexity index is 901. The number of hydrazone groups is 1. The number of rotatable bonds is 7. The van der Waals surface area contributed by atoms with Gasteiger partial charge in [0.1, 0.15) is 6.61 Å². The van der Waals surface area contributed by atoms with Crippen LogP contribution in [0.25, 0.3) is 0 Å². The zero-order valence-electron chi connectivity index (χ0n) is 22.5. The first-order valence-corrected chi connectivity index (χ1v) is 13.4. The van der Waals surface area contributed by atoms with Crippen molar-refractivity contribution >= 4 is 17.8 Å². The van der Waals surface area contributed by atoms with Gasteiger partial charge in [-0.3, -0.25) is 14.9 Å². The first-order chi connectivity index (χ1) is 17.1. The van der Waals surface area contributed by atoms with Gasteiger partial charge in [0.2, 0.25) is 11.9 Å². The van der Waals surface area contributed by atoms with Gasteiger partial charge in [-0.25, -0.2) is 0 Å². The van der Waals surface area contributed by atoms with Crippen LogP contribution in [0.3, 0.4) is 0 Å². The third-order valence-corrected chi connectivity index (χ3v) is 7.96. The second-order valence-electron chi connectivity index (χ2n) is 11.8. The fraction of sp³-hybridized carbons (Fsp3) is 0.679. The molecule has 3 rings (SSSR count). The van der Waals surface area contributed by atoms with Crippen LogP contribution in [0.1, 0.15) is 95.0 Å². The van der Waals surface area contributed by atoms with Crippen LogP contribution in [0.2, 0.25) is 0 Å². The number of ether oxygens (including phenoxy) is 1. The van der Waals surface area contributed by atoms with E-state index in [4.69, 9.17) is 16.3 Å². The zero-order chi connectivity index (χ0) is 26.3. The average molecular weight is 500 g/mol. The largest absolute Gasteiger partial charge is 0.368 e. The number of hydrogen-bond donors (Lipinski definition) is 3. The molecular weight excluding hydrogens is 454 g/mol. The Labute approximate surface area is 216 Å². The number of amides is 2. The van der Waals surface area contributed by atoms with Crippen molar-refractivity contribution in [3.8, 4) is 0 Å². The summed E-state index contributed by atoms with van der Waals surface area (Å²) in [5.74, 6) is 5.96. The standard InChI is InChI=1S/C28H45N5O3/c1-19-6-5-7-24(16-19)36-18-25(34)33(23-14-12-22(13-15-23)28(2,3)4)17-20-8-10-21(11-9-20)26(35)31-27(29)32-30/h8-11,19,22-24H,5-7,12-18,30H2,1-4H3,(H3,29,31,32,35). The summed E-state index contributed by atoms with van der Waals surface area (Å²) in [5.41, 5.74) is 7.20. The normalized spacial score (nSPS) is 25.3. The lowest BCUT2D eigenvalue weighted by Gasteiger charge is -2.41. The summed E-state index contributed by atoms with van der Waals surface area (Å²) in [5, 5.41) is 5.69. The number of nitrogens with two attached hydrogens (primary N) is 2. The smallest absolute Gasteiger partial charge is 0.257 e. The lowest BCUT2D eigenvalue weighted by molar-refractivity contribution is -0.143. The fourth-order valence-corrected chi connectivity index (χ4v) is 5.66. The maximum Gasteiger partial charge on any atom is 0.257 e. The second-order valence-corrected chi connectivity index (χ2v) is 11.8. The molecule has 0 bridgehead atoms. The van der Waals surface area contributed by atoms with E-state index >= 15 is 0 Å². The van der Waals surface area contributed by atoms with E-state index in [2.05, 4.69) is 38.1 Å². The Morgan fingerprint density at radius 2 is 1.75 bits per heavy atom. The Morgan fingerprint density at radius 1 is 1.08 bits per heavy atom. The van der Waals surface area contributed by atoms with Gasteiger partial charge in [0.25, 0.3) is 5.91 Å². The third kappa shape index (κ3) is 7.95. The Kier molecular flexibility index (Phi) is 9.77. The number of guanidine groups is 1. The minimum absolute atomic E-state index is 0.0567. The highest BCUT2D eigenvalue weighted by Gasteiger charge is 2.34. The van der Waals surface area contributed by atoms with Gasteiger partial charge in [-0.15, -0.1) is 5.10 Å². The first-order valence-electron chi connectivity index (χ1n) is 13.4. The number of nitrogens with zero attached hydrogens (tertiary/aromatic N) is 2. The van der Waals surface area contributed by atoms with Crippen molar-refractivity contribution in [2.75, 3.05) is 6.61 Å². The number of nitrogens with one attached hydrogen (secondary N) is 1. The molecule has 1 aromatic carbocycles. The molecule has 1 aromatic rings. The van der Waals surface area contributed by atoms with Crippen LogP contribution >= 0.6 is 0 Å². The molecule has 2 amide bonds. The van der Waals surface area contributed by atoms with Crippen molar-refractivity contribution in [2.24, 2.45) is 33.9 Å². The summed E-state index contributed by atoms with van der Waals surface area (Å²) in [6.45, 7) is 9.83. The van der Waals surface area contributed by atoms with E-state index < -0.39 is 0 Å². The number of carbonyl (C=O) groups is 2. The van der Waals surface area contributed by atoms with Gasteiger partial charge in [0.15, 0.2) is 0 Å². The van der Waals surface area contributed by atoms with Crippen LogP contribution in [-0.2, 0) is 16.1 Å².